The summed E-state index contributed by atoms with van der Waals surface area (Å²) in [6.45, 7) is 23.6. The van der Waals surface area contributed by atoms with E-state index in [0.29, 0.717) is 0 Å². The second kappa shape index (κ2) is 17.6. The maximum atomic E-state index is 2.55. The molecule has 0 N–H and O–H groups in total. The third-order valence-corrected chi connectivity index (χ3v) is 19.4. The van der Waals surface area contributed by atoms with Crippen molar-refractivity contribution in [2.45, 2.75) is 96.3 Å². The number of hydrogen-bond acceptors (Lipinski definition) is 1. The number of benzene rings is 11. The summed E-state index contributed by atoms with van der Waals surface area (Å²) in [5.41, 5.74) is 34.3. The first-order valence-corrected chi connectivity index (χ1v) is 29.6. The number of rotatable bonds is 6. The standard InChI is InChI=1S/C81H69N/c1-77(2,3)53-38-45-61-62-46-39-54(78(4,5)6)49-73(62)81(72(61)48-53)69-30-17-12-21-58(69)60-44-37-52(47-71(60)81)50-33-40-55(41-34-50)82(56-42-35-51(36-43-56)57-25-19-27-65-59-22-11-15-28-67(59)80(9,10)76(57)65)74-32-18-14-23-63(74)64-26-20-31-70-75(64)66-24-13-16-29-68(66)79(70,7)8/h11-49H,1-10H3. The van der Waals surface area contributed by atoms with E-state index in [2.05, 4.69) is 311 Å². The Hall–Kier alpha value is -8.78. The molecule has 0 aliphatic heterocycles. The van der Waals surface area contributed by atoms with Gasteiger partial charge in [-0.05, 0) is 175 Å². The fourth-order valence-electron chi connectivity index (χ4n) is 15.3. The molecule has 398 valence electrons. The molecule has 0 heterocycles. The first-order chi connectivity index (χ1) is 39.5. The normalized spacial score (nSPS) is 15.0. The highest BCUT2D eigenvalue weighted by Crippen LogP contribution is 2.64. The van der Waals surface area contributed by atoms with Gasteiger partial charge in [0.2, 0.25) is 0 Å². The van der Waals surface area contributed by atoms with Gasteiger partial charge in [-0.15, -0.1) is 0 Å². The lowest BCUT2D eigenvalue weighted by Crippen LogP contribution is -2.27. The molecular weight excluding hydrogens is 987 g/mol. The summed E-state index contributed by atoms with van der Waals surface area (Å²) < 4.78 is 0. The molecule has 4 aliphatic carbocycles. The summed E-state index contributed by atoms with van der Waals surface area (Å²) in [4.78, 5) is 2.49. The number of anilines is 3. The predicted molar refractivity (Wildman–Crippen MR) is 346 cm³/mol. The molecule has 4 aliphatic rings. The van der Waals surface area contributed by atoms with Crippen molar-refractivity contribution < 1.29 is 0 Å². The van der Waals surface area contributed by atoms with Gasteiger partial charge in [-0.25, -0.2) is 0 Å². The van der Waals surface area contributed by atoms with Crippen molar-refractivity contribution in [3.05, 3.63) is 292 Å². The summed E-state index contributed by atoms with van der Waals surface area (Å²) >= 11 is 0. The van der Waals surface area contributed by atoms with Gasteiger partial charge in [0.1, 0.15) is 0 Å². The van der Waals surface area contributed by atoms with Crippen LogP contribution in [0, 0.1) is 0 Å². The Morgan fingerprint density at radius 2 is 0.695 bits per heavy atom. The lowest BCUT2D eigenvalue weighted by atomic mass is 9.68. The largest absolute Gasteiger partial charge is 0.310 e. The Balaban J connectivity index is 0.892. The van der Waals surface area contributed by atoms with Gasteiger partial charge in [0.25, 0.3) is 0 Å². The van der Waals surface area contributed by atoms with E-state index in [4.69, 9.17) is 0 Å². The molecule has 1 heteroatoms. The minimum absolute atomic E-state index is 0.0155. The molecular formula is C81H69N. The Kier molecular flexibility index (Phi) is 10.8. The predicted octanol–water partition coefficient (Wildman–Crippen LogP) is 21.7. The minimum atomic E-state index is -0.478. The maximum Gasteiger partial charge on any atom is 0.0725 e. The van der Waals surface area contributed by atoms with Crippen LogP contribution in [0.4, 0.5) is 17.1 Å². The smallest absolute Gasteiger partial charge is 0.0725 e. The lowest BCUT2D eigenvalue weighted by Gasteiger charge is -2.33. The number of nitrogens with zero attached hydrogens (tertiary/aromatic N) is 1. The van der Waals surface area contributed by atoms with Crippen molar-refractivity contribution in [2.75, 3.05) is 4.90 Å². The van der Waals surface area contributed by atoms with Crippen LogP contribution in [0.1, 0.15) is 125 Å². The molecule has 0 amide bonds. The van der Waals surface area contributed by atoms with Crippen LogP contribution in [0.3, 0.4) is 0 Å². The average molecular weight is 1060 g/mol. The highest BCUT2D eigenvalue weighted by Gasteiger charge is 2.52. The molecule has 15 rings (SSSR count). The minimum Gasteiger partial charge on any atom is -0.310 e. The van der Waals surface area contributed by atoms with Crippen LogP contribution in [0.5, 0.6) is 0 Å². The highest BCUT2D eigenvalue weighted by molar-refractivity contribution is 6.00. The molecule has 0 radical (unpaired) electrons. The summed E-state index contributed by atoms with van der Waals surface area (Å²) in [5.74, 6) is 0. The molecule has 0 saturated heterocycles. The van der Waals surface area contributed by atoms with Gasteiger partial charge >= 0.3 is 0 Å². The molecule has 82 heavy (non-hydrogen) atoms. The monoisotopic (exact) mass is 1060 g/mol. The summed E-state index contributed by atoms with van der Waals surface area (Å²) in [5, 5.41) is 0. The Morgan fingerprint density at radius 1 is 0.280 bits per heavy atom. The van der Waals surface area contributed by atoms with Gasteiger partial charge in [-0.3, -0.25) is 0 Å². The average Bonchev–Trinajstić information content (AvgIpc) is 4.26. The zero-order valence-electron chi connectivity index (χ0n) is 49.0. The van der Waals surface area contributed by atoms with Crippen LogP contribution in [0.25, 0.3) is 77.9 Å². The Bertz CT molecular complexity index is 4390. The summed E-state index contributed by atoms with van der Waals surface area (Å²) in [7, 11) is 0. The first kappa shape index (κ1) is 50.2. The van der Waals surface area contributed by atoms with Crippen LogP contribution in [-0.4, -0.2) is 0 Å². The fourth-order valence-corrected chi connectivity index (χ4v) is 15.3. The summed E-state index contributed by atoms with van der Waals surface area (Å²) in [6, 6.07) is 90.8. The van der Waals surface area contributed by atoms with E-state index in [9.17, 15) is 0 Å². The van der Waals surface area contributed by atoms with Crippen molar-refractivity contribution in [1.29, 1.82) is 0 Å². The quantitative estimate of drug-likeness (QED) is 0.160. The van der Waals surface area contributed by atoms with Crippen LogP contribution in [0.15, 0.2) is 237 Å². The van der Waals surface area contributed by atoms with E-state index in [-0.39, 0.29) is 21.7 Å². The molecule has 0 atom stereocenters. The molecule has 0 bridgehead atoms. The maximum absolute atomic E-state index is 2.55. The molecule has 1 nitrogen and oxygen atoms in total. The highest BCUT2D eigenvalue weighted by atomic mass is 15.1. The SMILES string of the molecule is CC(C)(C)c1ccc2c(c1)C1(c3ccccc3-c3ccc(-c4ccc(N(c5ccc(-c6cccc7c6C(C)(C)c6ccccc6-7)cc5)c5ccccc5-c5cccc6c5-c5ccccc5C6(C)C)cc4)cc31)c1cc(C(C)(C)C)ccc1-2. The molecule has 0 fully saturated rings. The third kappa shape index (κ3) is 7.11. The van der Waals surface area contributed by atoms with Crippen molar-refractivity contribution in [3.63, 3.8) is 0 Å². The third-order valence-electron chi connectivity index (χ3n) is 19.4. The number of para-hydroxylation sites is 1. The second-order valence-corrected chi connectivity index (χ2v) is 26.8. The van der Waals surface area contributed by atoms with Crippen molar-refractivity contribution in [3.8, 4) is 77.9 Å². The van der Waals surface area contributed by atoms with E-state index in [0.717, 1.165) is 17.1 Å². The number of fused-ring (bicyclic) bond motifs is 16. The molecule has 0 aromatic heterocycles. The van der Waals surface area contributed by atoms with Gasteiger partial charge in [0.05, 0.1) is 11.1 Å². The Labute approximate surface area is 485 Å². The zero-order chi connectivity index (χ0) is 56.2. The van der Waals surface area contributed by atoms with Gasteiger partial charge in [0, 0.05) is 27.8 Å². The molecule has 1 spiro atoms. The van der Waals surface area contributed by atoms with Gasteiger partial charge in [-0.2, -0.15) is 0 Å². The van der Waals surface area contributed by atoms with Crippen LogP contribution in [-0.2, 0) is 27.1 Å². The number of hydrogen-bond donors (Lipinski definition) is 0. The zero-order valence-corrected chi connectivity index (χ0v) is 49.0. The molecule has 11 aromatic carbocycles. The molecule has 11 aromatic rings. The van der Waals surface area contributed by atoms with E-state index >= 15 is 0 Å². The first-order valence-electron chi connectivity index (χ1n) is 29.6. The van der Waals surface area contributed by atoms with E-state index in [1.165, 1.54) is 134 Å². The van der Waals surface area contributed by atoms with Crippen LogP contribution in [0.2, 0.25) is 0 Å². The van der Waals surface area contributed by atoms with E-state index in [1.54, 1.807) is 0 Å². The molecule has 0 unspecified atom stereocenters. The second-order valence-electron chi connectivity index (χ2n) is 26.8. The summed E-state index contributed by atoms with van der Waals surface area (Å²) in [6.07, 6.45) is 0. The van der Waals surface area contributed by atoms with E-state index < -0.39 is 5.41 Å². The van der Waals surface area contributed by atoms with Crippen molar-refractivity contribution in [2.24, 2.45) is 0 Å². The van der Waals surface area contributed by atoms with Crippen LogP contribution >= 0.6 is 0 Å². The van der Waals surface area contributed by atoms with Crippen molar-refractivity contribution in [1.82, 2.24) is 0 Å². The fraction of sp³-hybridized carbons (Fsp3) is 0.185. The van der Waals surface area contributed by atoms with Crippen LogP contribution < -0.4 is 4.90 Å². The molecule has 0 saturated carbocycles. The Morgan fingerprint density at radius 3 is 1.30 bits per heavy atom. The van der Waals surface area contributed by atoms with Gasteiger partial charge in [-0.1, -0.05) is 269 Å². The lowest BCUT2D eigenvalue weighted by molar-refractivity contribution is 0.586. The van der Waals surface area contributed by atoms with Gasteiger partial charge < -0.3 is 4.90 Å². The van der Waals surface area contributed by atoms with Crippen molar-refractivity contribution >= 4 is 17.1 Å². The topological polar surface area (TPSA) is 3.24 Å². The van der Waals surface area contributed by atoms with E-state index in [1.807, 2.05) is 0 Å². The van der Waals surface area contributed by atoms with Gasteiger partial charge in [0.15, 0.2) is 0 Å².